The van der Waals surface area contributed by atoms with Gasteiger partial charge >= 0.3 is 0 Å². The van der Waals surface area contributed by atoms with E-state index in [1.807, 2.05) is 12.1 Å². The lowest BCUT2D eigenvalue weighted by Gasteiger charge is -2.18. The van der Waals surface area contributed by atoms with Crippen LogP contribution in [0, 0.1) is 0 Å². The predicted octanol–water partition coefficient (Wildman–Crippen LogP) is 1.91. The third-order valence-electron chi connectivity index (χ3n) is 3.75. The van der Waals surface area contributed by atoms with Crippen molar-refractivity contribution in [3.63, 3.8) is 0 Å². The molecule has 0 spiro atoms. The molecule has 6 heteroatoms. The molecule has 1 aromatic heterocycles. The minimum atomic E-state index is -0.337. The second kappa shape index (κ2) is 6.24. The third kappa shape index (κ3) is 3.40. The number of hydrogen-bond acceptors (Lipinski definition) is 6. The van der Waals surface area contributed by atoms with Crippen molar-refractivity contribution >= 4 is 0 Å². The van der Waals surface area contributed by atoms with Crippen LogP contribution in [-0.4, -0.2) is 28.5 Å². The van der Waals surface area contributed by atoms with Crippen molar-refractivity contribution in [1.29, 1.82) is 0 Å². The highest BCUT2D eigenvalue weighted by Crippen LogP contribution is 2.25. The summed E-state index contributed by atoms with van der Waals surface area (Å²) in [5.74, 6) is 1.74. The van der Waals surface area contributed by atoms with Crippen molar-refractivity contribution in [3.8, 4) is 5.75 Å². The van der Waals surface area contributed by atoms with Gasteiger partial charge in [0.15, 0.2) is 5.82 Å². The molecule has 6 nitrogen and oxygen atoms in total. The quantitative estimate of drug-likeness (QED) is 0.893. The van der Waals surface area contributed by atoms with Gasteiger partial charge in [0.1, 0.15) is 5.75 Å². The monoisotopic (exact) mass is 289 g/mol. The molecular formula is C15H19N3O3. The van der Waals surface area contributed by atoms with Crippen molar-refractivity contribution in [3.05, 3.63) is 41.5 Å². The maximum atomic E-state index is 9.27. The number of ether oxygens (including phenoxy) is 1. The van der Waals surface area contributed by atoms with Gasteiger partial charge in [-0.05, 0) is 37.0 Å². The van der Waals surface area contributed by atoms with Crippen LogP contribution < -0.4 is 5.73 Å². The largest absolute Gasteiger partial charge is 0.508 e. The molecule has 2 aromatic rings. The van der Waals surface area contributed by atoms with Crippen molar-refractivity contribution in [2.75, 3.05) is 13.2 Å². The first-order valence-electron chi connectivity index (χ1n) is 7.17. The molecular weight excluding hydrogens is 270 g/mol. The highest BCUT2D eigenvalue weighted by atomic mass is 16.5. The first-order chi connectivity index (χ1) is 10.2. The zero-order chi connectivity index (χ0) is 14.7. The number of phenols is 1. The first kappa shape index (κ1) is 14.0. The summed E-state index contributed by atoms with van der Waals surface area (Å²) in [4.78, 5) is 4.44. The lowest BCUT2D eigenvalue weighted by atomic mass is 10.00. The Morgan fingerprint density at radius 3 is 2.67 bits per heavy atom. The van der Waals surface area contributed by atoms with Gasteiger partial charge in [-0.3, -0.25) is 0 Å². The number of nitrogens with two attached hydrogens (primary N) is 1. The number of aromatic nitrogens is 2. The Bertz CT molecular complexity index is 576. The molecule has 1 aliphatic rings. The SMILES string of the molecule is N[C@@H](Cc1ccc(O)cc1)c1nc(C2CCOCC2)no1. The molecule has 3 rings (SSSR count). The summed E-state index contributed by atoms with van der Waals surface area (Å²) in [6.45, 7) is 1.49. The molecule has 0 saturated carbocycles. The number of rotatable bonds is 4. The van der Waals surface area contributed by atoms with E-state index in [0.717, 1.165) is 37.4 Å². The van der Waals surface area contributed by atoms with Crippen LogP contribution in [0.3, 0.4) is 0 Å². The van der Waals surface area contributed by atoms with E-state index in [2.05, 4.69) is 10.1 Å². The van der Waals surface area contributed by atoms with E-state index in [1.165, 1.54) is 0 Å². The average Bonchev–Trinajstić information content (AvgIpc) is 3.00. The van der Waals surface area contributed by atoms with Gasteiger partial charge in [-0.2, -0.15) is 4.98 Å². The van der Waals surface area contributed by atoms with E-state index in [9.17, 15) is 5.11 Å². The van der Waals surface area contributed by atoms with Crippen LogP contribution in [0.5, 0.6) is 5.75 Å². The molecule has 1 fully saturated rings. The van der Waals surface area contributed by atoms with Gasteiger partial charge in [-0.15, -0.1) is 0 Å². The normalized spacial score (nSPS) is 17.8. The molecule has 1 aliphatic heterocycles. The summed E-state index contributed by atoms with van der Waals surface area (Å²) in [6, 6.07) is 6.62. The Morgan fingerprint density at radius 2 is 1.95 bits per heavy atom. The van der Waals surface area contributed by atoms with Crippen molar-refractivity contribution in [2.45, 2.75) is 31.2 Å². The van der Waals surface area contributed by atoms with Crippen LogP contribution in [-0.2, 0) is 11.2 Å². The number of aromatic hydroxyl groups is 1. The lowest BCUT2D eigenvalue weighted by molar-refractivity contribution is 0.0830. The molecule has 0 unspecified atom stereocenters. The Morgan fingerprint density at radius 1 is 1.24 bits per heavy atom. The molecule has 0 amide bonds. The summed E-state index contributed by atoms with van der Waals surface area (Å²) < 4.78 is 10.6. The van der Waals surface area contributed by atoms with E-state index < -0.39 is 0 Å². The highest BCUT2D eigenvalue weighted by Gasteiger charge is 2.23. The zero-order valence-electron chi connectivity index (χ0n) is 11.7. The van der Waals surface area contributed by atoms with E-state index in [-0.39, 0.29) is 11.8 Å². The van der Waals surface area contributed by atoms with Crippen LogP contribution in [0.15, 0.2) is 28.8 Å². The van der Waals surface area contributed by atoms with Gasteiger partial charge in [0.05, 0.1) is 6.04 Å². The molecule has 0 bridgehead atoms. The highest BCUT2D eigenvalue weighted by molar-refractivity contribution is 5.26. The maximum absolute atomic E-state index is 9.27. The molecule has 112 valence electrons. The van der Waals surface area contributed by atoms with Gasteiger partial charge in [-0.25, -0.2) is 0 Å². The van der Waals surface area contributed by atoms with Gasteiger partial charge in [-0.1, -0.05) is 17.3 Å². The number of benzene rings is 1. The summed E-state index contributed by atoms with van der Waals surface area (Å²) in [6.07, 6.45) is 2.44. The Labute approximate surface area is 122 Å². The molecule has 1 aromatic carbocycles. The molecule has 3 N–H and O–H groups in total. The predicted molar refractivity (Wildman–Crippen MR) is 75.8 cm³/mol. The average molecular weight is 289 g/mol. The number of phenolic OH excluding ortho intramolecular Hbond substituents is 1. The third-order valence-corrected chi connectivity index (χ3v) is 3.75. The maximum Gasteiger partial charge on any atom is 0.243 e. The van der Waals surface area contributed by atoms with Gasteiger partial charge < -0.3 is 20.1 Å². The van der Waals surface area contributed by atoms with Gasteiger partial charge in [0.2, 0.25) is 5.89 Å². The Kier molecular flexibility index (Phi) is 4.17. The molecule has 0 aliphatic carbocycles. The van der Waals surface area contributed by atoms with E-state index in [0.29, 0.717) is 18.2 Å². The first-order valence-corrected chi connectivity index (χ1v) is 7.17. The molecule has 1 atom stereocenters. The topological polar surface area (TPSA) is 94.4 Å². The second-order valence-electron chi connectivity index (χ2n) is 5.35. The molecule has 0 radical (unpaired) electrons. The van der Waals surface area contributed by atoms with Crippen LogP contribution in [0.2, 0.25) is 0 Å². The van der Waals surface area contributed by atoms with Crippen molar-refractivity contribution < 1.29 is 14.4 Å². The smallest absolute Gasteiger partial charge is 0.243 e. The van der Waals surface area contributed by atoms with Crippen LogP contribution in [0.1, 0.15) is 42.1 Å². The minimum Gasteiger partial charge on any atom is -0.508 e. The molecule has 2 heterocycles. The van der Waals surface area contributed by atoms with Gasteiger partial charge in [0.25, 0.3) is 0 Å². The fourth-order valence-corrected chi connectivity index (χ4v) is 2.49. The summed E-state index contributed by atoms with van der Waals surface area (Å²) >= 11 is 0. The lowest BCUT2D eigenvalue weighted by Crippen LogP contribution is -2.16. The van der Waals surface area contributed by atoms with Gasteiger partial charge in [0, 0.05) is 19.1 Å². The van der Waals surface area contributed by atoms with E-state index in [1.54, 1.807) is 12.1 Å². The minimum absolute atomic E-state index is 0.243. The Hall–Kier alpha value is -1.92. The zero-order valence-corrected chi connectivity index (χ0v) is 11.7. The van der Waals surface area contributed by atoms with Crippen LogP contribution in [0.4, 0.5) is 0 Å². The van der Waals surface area contributed by atoms with Crippen molar-refractivity contribution in [1.82, 2.24) is 10.1 Å². The van der Waals surface area contributed by atoms with E-state index >= 15 is 0 Å². The second-order valence-corrected chi connectivity index (χ2v) is 5.35. The fourth-order valence-electron chi connectivity index (χ4n) is 2.49. The fraction of sp³-hybridized carbons (Fsp3) is 0.467. The van der Waals surface area contributed by atoms with Crippen LogP contribution >= 0.6 is 0 Å². The van der Waals surface area contributed by atoms with Crippen molar-refractivity contribution in [2.24, 2.45) is 5.73 Å². The van der Waals surface area contributed by atoms with Crippen LogP contribution in [0.25, 0.3) is 0 Å². The summed E-state index contributed by atoms with van der Waals surface area (Å²) in [7, 11) is 0. The number of hydrogen-bond donors (Lipinski definition) is 2. The summed E-state index contributed by atoms with van der Waals surface area (Å²) in [5.41, 5.74) is 7.14. The molecule has 1 saturated heterocycles. The van der Waals surface area contributed by atoms with E-state index in [4.69, 9.17) is 15.0 Å². The standard InChI is InChI=1S/C15H19N3O3/c16-13(9-10-1-3-12(19)4-2-10)15-17-14(18-21-15)11-5-7-20-8-6-11/h1-4,11,13,19H,5-9,16H2/t13-/m0/s1. The number of nitrogens with zero attached hydrogens (tertiary/aromatic N) is 2. The Balaban J connectivity index is 1.65. The molecule has 21 heavy (non-hydrogen) atoms. The summed E-state index contributed by atoms with van der Waals surface area (Å²) in [5, 5.41) is 13.3.